The SMILES string of the molecule is Cc1cccc(N2CC(C(=O)Nc3nnc(SCCN4C(=O)c5ccccc5C4=O)s3)CC2=O)c1. The number of amides is 4. The molecule has 3 heterocycles. The van der Waals surface area contributed by atoms with Crippen LogP contribution in [0.1, 0.15) is 32.7 Å². The molecule has 1 saturated heterocycles. The predicted octanol–water partition coefficient (Wildman–Crippen LogP) is 3.23. The van der Waals surface area contributed by atoms with Gasteiger partial charge in [0.05, 0.1) is 17.0 Å². The van der Waals surface area contributed by atoms with E-state index in [1.807, 2.05) is 31.2 Å². The largest absolute Gasteiger partial charge is 0.312 e. The van der Waals surface area contributed by atoms with Gasteiger partial charge in [-0.3, -0.25) is 24.1 Å². The average molecular weight is 508 g/mol. The maximum Gasteiger partial charge on any atom is 0.261 e. The molecule has 2 aliphatic rings. The summed E-state index contributed by atoms with van der Waals surface area (Å²) in [5.74, 6) is -0.956. The summed E-state index contributed by atoms with van der Waals surface area (Å²) in [5.41, 5.74) is 2.69. The molecular weight excluding hydrogens is 486 g/mol. The third kappa shape index (κ3) is 4.69. The normalized spacial score (nSPS) is 17.3. The highest BCUT2D eigenvalue weighted by molar-refractivity contribution is 8.01. The molecule has 0 saturated carbocycles. The maximum absolute atomic E-state index is 12.7. The van der Waals surface area contributed by atoms with E-state index in [1.54, 1.807) is 29.2 Å². The van der Waals surface area contributed by atoms with Gasteiger partial charge in [0.1, 0.15) is 0 Å². The minimum atomic E-state index is -0.475. The lowest BCUT2D eigenvalue weighted by Gasteiger charge is -2.17. The molecule has 3 aromatic rings. The number of fused-ring (bicyclic) bond motifs is 1. The van der Waals surface area contributed by atoms with Crippen LogP contribution in [0.4, 0.5) is 10.8 Å². The van der Waals surface area contributed by atoms with Crippen molar-refractivity contribution in [3.05, 3.63) is 65.2 Å². The first kappa shape index (κ1) is 23.2. The van der Waals surface area contributed by atoms with Gasteiger partial charge < -0.3 is 10.2 Å². The Kier molecular flexibility index (Phi) is 6.35. The van der Waals surface area contributed by atoms with Crippen molar-refractivity contribution in [2.75, 3.05) is 29.1 Å². The van der Waals surface area contributed by atoms with Crippen molar-refractivity contribution in [1.82, 2.24) is 15.1 Å². The lowest BCUT2D eigenvalue weighted by molar-refractivity contribution is -0.122. The van der Waals surface area contributed by atoms with Crippen LogP contribution in [-0.2, 0) is 9.59 Å². The van der Waals surface area contributed by atoms with Crippen LogP contribution < -0.4 is 10.2 Å². The van der Waals surface area contributed by atoms with Crippen molar-refractivity contribution in [3.63, 3.8) is 0 Å². The van der Waals surface area contributed by atoms with Crippen LogP contribution in [-0.4, -0.2) is 57.6 Å². The molecule has 1 N–H and O–H groups in total. The molecule has 178 valence electrons. The molecule has 2 aliphatic heterocycles. The van der Waals surface area contributed by atoms with Gasteiger partial charge in [-0.05, 0) is 36.8 Å². The van der Waals surface area contributed by atoms with Crippen LogP contribution in [0.5, 0.6) is 0 Å². The molecule has 0 bridgehead atoms. The number of benzene rings is 2. The molecular formula is C24H21N5O4S2. The minimum Gasteiger partial charge on any atom is -0.312 e. The van der Waals surface area contributed by atoms with E-state index in [9.17, 15) is 19.2 Å². The van der Waals surface area contributed by atoms with E-state index in [-0.39, 0.29) is 36.6 Å². The lowest BCUT2D eigenvalue weighted by Crippen LogP contribution is -2.31. The van der Waals surface area contributed by atoms with Crippen molar-refractivity contribution in [2.45, 2.75) is 17.7 Å². The van der Waals surface area contributed by atoms with Gasteiger partial charge in [-0.15, -0.1) is 10.2 Å². The van der Waals surface area contributed by atoms with E-state index < -0.39 is 5.92 Å². The third-order valence-electron chi connectivity index (χ3n) is 5.86. The van der Waals surface area contributed by atoms with Crippen molar-refractivity contribution < 1.29 is 19.2 Å². The van der Waals surface area contributed by atoms with E-state index >= 15 is 0 Å². The topological polar surface area (TPSA) is 113 Å². The van der Waals surface area contributed by atoms with E-state index in [1.165, 1.54) is 28.0 Å². The number of carbonyl (C=O) groups is 4. The van der Waals surface area contributed by atoms with E-state index in [0.29, 0.717) is 32.9 Å². The number of imide groups is 1. The summed E-state index contributed by atoms with van der Waals surface area (Å²) in [5, 5.41) is 11.2. The van der Waals surface area contributed by atoms with Crippen molar-refractivity contribution >= 4 is 57.5 Å². The van der Waals surface area contributed by atoms with E-state index in [4.69, 9.17) is 0 Å². The van der Waals surface area contributed by atoms with Gasteiger partial charge in [-0.25, -0.2) is 0 Å². The summed E-state index contributed by atoms with van der Waals surface area (Å²) in [6, 6.07) is 14.4. The standard InChI is InChI=1S/C24H21N5O4S2/c1-14-5-4-6-16(11-14)29-13-15(12-19(29)30)20(31)25-23-26-27-24(35-23)34-10-9-28-21(32)17-7-2-3-8-18(17)22(28)33/h2-8,11,15H,9-10,12-13H2,1H3,(H,25,26,31). The molecule has 1 fully saturated rings. The molecule has 9 nitrogen and oxygen atoms in total. The van der Waals surface area contributed by atoms with E-state index in [0.717, 1.165) is 11.3 Å². The molecule has 35 heavy (non-hydrogen) atoms. The van der Waals surface area contributed by atoms with Gasteiger partial charge in [-0.2, -0.15) is 0 Å². The Balaban J connectivity index is 1.13. The van der Waals surface area contributed by atoms with Gasteiger partial charge in [0.15, 0.2) is 4.34 Å². The van der Waals surface area contributed by atoms with Crippen LogP contribution in [0.25, 0.3) is 0 Å². The lowest BCUT2D eigenvalue weighted by atomic mass is 10.1. The number of hydrogen-bond acceptors (Lipinski definition) is 8. The first-order valence-corrected chi connectivity index (χ1v) is 12.8. The zero-order valence-corrected chi connectivity index (χ0v) is 20.4. The van der Waals surface area contributed by atoms with Crippen LogP contribution >= 0.6 is 23.1 Å². The fourth-order valence-corrected chi connectivity index (χ4v) is 5.87. The second-order valence-corrected chi connectivity index (χ2v) is 10.6. The number of nitrogens with one attached hydrogen (secondary N) is 1. The minimum absolute atomic E-state index is 0.0857. The van der Waals surface area contributed by atoms with E-state index in [2.05, 4.69) is 15.5 Å². The zero-order chi connectivity index (χ0) is 24.5. The smallest absolute Gasteiger partial charge is 0.261 e. The highest BCUT2D eigenvalue weighted by atomic mass is 32.2. The predicted molar refractivity (Wildman–Crippen MR) is 133 cm³/mol. The summed E-state index contributed by atoms with van der Waals surface area (Å²) in [6.07, 6.45) is 0.139. The van der Waals surface area contributed by atoms with Gasteiger partial charge in [0.25, 0.3) is 11.8 Å². The molecule has 11 heteroatoms. The Hall–Kier alpha value is -3.57. The summed E-state index contributed by atoms with van der Waals surface area (Å²) in [7, 11) is 0. The van der Waals surface area contributed by atoms with Gasteiger partial charge in [0, 0.05) is 31.0 Å². The summed E-state index contributed by atoms with van der Waals surface area (Å²) in [4.78, 5) is 53.0. The van der Waals surface area contributed by atoms with Crippen LogP contribution in [0.15, 0.2) is 52.9 Å². The fourth-order valence-electron chi connectivity index (χ4n) is 4.12. The summed E-state index contributed by atoms with van der Waals surface area (Å²) in [6.45, 7) is 2.52. The number of hydrogen-bond donors (Lipinski definition) is 1. The van der Waals surface area contributed by atoms with Gasteiger partial charge in [-0.1, -0.05) is 47.4 Å². The summed E-state index contributed by atoms with van der Waals surface area (Å²) < 4.78 is 0.612. The highest BCUT2D eigenvalue weighted by Crippen LogP contribution is 2.30. The molecule has 0 spiro atoms. The fraction of sp³-hybridized carbons (Fsp3) is 0.250. The molecule has 5 rings (SSSR count). The molecule has 1 unspecified atom stereocenters. The molecule has 0 aliphatic carbocycles. The van der Waals surface area contributed by atoms with Crippen molar-refractivity contribution in [3.8, 4) is 0 Å². The average Bonchev–Trinajstić information content (AvgIpc) is 3.52. The Morgan fingerprint density at radius 2 is 1.83 bits per heavy atom. The molecule has 0 radical (unpaired) electrons. The second-order valence-electron chi connectivity index (χ2n) is 8.26. The Morgan fingerprint density at radius 3 is 2.54 bits per heavy atom. The number of rotatable bonds is 7. The first-order chi connectivity index (χ1) is 16.9. The Bertz CT molecular complexity index is 1310. The van der Waals surface area contributed by atoms with Crippen molar-refractivity contribution in [1.29, 1.82) is 0 Å². The molecule has 2 aromatic carbocycles. The quantitative estimate of drug-likeness (QED) is 0.297. The highest BCUT2D eigenvalue weighted by Gasteiger charge is 2.36. The maximum atomic E-state index is 12.7. The van der Waals surface area contributed by atoms with Crippen LogP contribution in [0, 0.1) is 12.8 Å². The first-order valence-electron chi connectivity index (χ1n) is 11.0. The second kappa shape index (κ2) is 9.59. The number of carbonyl (C=O) groups excluding carboxylic acids is 4. The zero-order valence-electron chi connectivity index (χ0n) is 18.8. The van der Waals surface area contributed by atoms with Crippen LogP contribution in [0.2, 0.25) is 0 Å². The molecule has 4 amide bonds. The molecule has 1 atom stereocenters. The molecule has 1 aromatic heterocycles. The number of anilines is 2. The number of thioether (sulfide) groups is 1. The van der Waals surface area contributed by atoms with Gasteiger partial charge in [0.2, 0.25) is 16.9 Å². The monoisotopic (exact) mass is 507 g/mol. The van der Waals surface area contributed by atoms with Crippen molar-refractivity contribution in [2.24, 2.45) is 5.92 Å². The van der Waals surface area contributed by atoms with Gasteiger partial charge >= 0.3 is 0 Å². The number of aromatic nitrogens is 2. The Labute approximate surface area is 209 Å². The van der Waals surface area contributed by atoms with Crippen LogP contribution in [0.3, 0.4) is 0 Å². The number of nitrogens with zero attached hydrogens (tertiary/aromatic N) is 4. The summed E-state index contributed by atoms with van der Waals surface area (Å²) >= 11 is 2.57. The third-order valence-corrected chi connectivity index (χ3v) is 7.82. The Morgan fingerprint density at radius 1 is 1.09 bits per heavy atom. The number of aryl methyl sites for hydroxylation is 1.